The van der Waals surface area contributed by atoms with Crippen molar-refractivity contribution in [1.29, 1.82) is 0 Å². The van der Waals surface area contributed by atoms with Gasteiger partial charge in [0.25, 0.3) is 0 Å². The van der Waals surface area contributed by atoms with Gasteiger partial charge in [0.05, 0.1) is 12.2 Å². The first-order valence-electron chi connectivity index (χ1n) is 11.5. The summed E-state index contributed by atoms with van der Waals surface area (Å²) in [5, 5.41) is 21.3. The zero-order valence-corrected chi connectivity index (χ0v) is 17.8. The molecule has 1 fully saturated rings. The number of unbranched alkanes of at least 4 members (excludes halogenated alkanes) is 5. The van der Waals surface area contributed by atoms with E-state index in [0.29, 0.717) is 5.56 Å². The number of hydrogen-bond acceptors (Lipinski definition) is 5. The Hall–Kier alpha value is -1.59. The molecule has 1 aromatic carbocycles. The molecule has 1 unspecified atom stereocenters. The van der Waals surface area contributed by atoms with Gasteiger partial charge in [-0.05, 0) is 36.6 Å². The van der Waals surface area contributed by atoms with Crippen LogP contribution in [0.3, 0.4) is 0 Å². The van der Waals surface area contributed by atoms with Crippen molar-refractivity contribution in [3.63, 3.8) is 0 Å². The molecule has 3 N–H and O–H groups in total. The molecule has 29 heavy (non-hydrogen) atoms. The van der Waals surface area contributed by atoms with Crippen molar-refractivity contribution < 1.29 is 19.7 Å². The fourth-order valence-corrected chi connectivity index (χ4v) is 4.01. The van der Waals surface area contributed by atoms with Crippen LogP contribution in [0.15, 0.2) is 24.3 Å². The summed E-state index contributed by atoms with van der Waals surface area (Å²) in [6.07, 6.45) is 15.6. The Balaban J connectivity index is 1.47. The minimum absolute atomic E-state index is 0.198. The summed E-state index contributed by atoms with van der Waals surface area (Å²) in [6.45, 7) is 0.321. The van der Waals surface area contributed by atoms with Gasteiger partial charge in [-0.25, -0.2) is 4.79 Å². The maximum atomic E-state index is 11.8. The lowest BCUT2D eigenvalue weighted by Crippen LogP contribution is -2.21. The third kappa shape index (κ3) is 10.1. The highest BCUT2D eigenvalue weighted by molar-refractivity contribution is 5.89. The highest BCUT2D eigenvalue weighted by atomic mass is 16.5. The van der Waals surface area contributed by atoms with Crippen LogP contribution < -0.4 is 5.32 Å². The van der Waals surface area contributed by atoms with Crippen LogP contribution in [0.4, 0.5) is 5.69 Å². The molecule has 1 saturated carbocycles. The van der Waals surface area contributed by atoms with E-state index in [0.717, 1.165) is 24.6 Å². The van der Waals surface area contributed by atoms with Gasteiger partial charge >= 0.3 is 5.97 Å². The minimum atomic E-state index is -1.03. The average molecular weight is 406 g/mol. The first-order chi connectivity index (χ1) is 14.2. The molecule has 2 rings (SSSR count). The van der Waals surface area contributed by atoms with Crippen molar-refractivity contribution in [3.05, 3.63) is 29.8 Å². The van der Waals surface area contributed by atoms with E-state index in [1.54, 1.807) is 12.1 Å². The second-order valence-corrected chi connectivity index (χ2v) is 8.35. The smallest absolute Gasteiger partial charge is 0.338 e. The molecule has 0 amide bonds. The van der Waals surface area contributed by atoms with Gasteiger partial charge in [-0.3, -0.25) is 0 Å². The van der Waals surface area contributed by atoms with Gasteiger partial charge in [-0.2, -0.15) is 0 Å². The number of benzene rings is 1. The molecule has 0 aromatic heterocycles. The van der Waals surface area contributed by atoms with Crippen LogP contribution in [0.2, 0.25) is 0 Å². The molecule has 1 aliphatic rings. The molecule has 5 heteroatoms. The van der Waals surface area contributed by atoms with Crippen molar-refractivity contribution in [1.82, 2.24) is 0 Å². The second kappa shape index (κ2) is 14.4. The predicted octanol–water partition coefficient (Wildman–Crippen LogP) is 4.92. The first-order valence-corrected chi connectivity index (χ1v) is 11.5. The normalized spacial score (nSPS) is 15.8. The summed E-state index contributed by atoms with van der Waals surface area (Å²) in [5.41, 5.74) is 1.43. The van der Waals surface area contributed by atoms with Gasteiger partial charge in [-0.15, -0.1) is 0 Å². The van der Waals surface area contributed by atoms with Crippen LogP contribution in [0.25, 0.3) is 0 Å². The summed E-state index contributed by atoms with van der Waals surface area (Å²) < 4.78 is 4.94. The highest BCUT2D eigenvalue weighted by Gasteiger charge is 2.12. The fraction of sp³-hybridized carbons (Fsp3) is 0.708. The van der Waals surface area contributed by atoms with Crippen LogP contribution in [0.1, 0.15) is 87.4 Å². The van der Waals surface area contributed by atoms with E-state index >= 15 is 0 Å². The molecule has 0 heterocycles. The Morgan fingerprint density at radius 1 is 1.00 bits per heavy atom. The van der Waals surface area contributed by atoms with E-state index in [2.05, 4.69) is 5.32 Å². The van der Waals surface area contributed by atoms with E-state index in [1.165, 1.54) is 70.6 Å². The molecule has 0 aliphatic heterocycles. The third-order valence-electron chi connectivity index (χ3n) is 5.83. The van der Waals surface area contributed by atoms with E-state index in [4.69, 9.17) is 9.84 Å². The minimum Gasteiger partial charge on any atom is -0.459 e. The Kier molecular flexibility index (Phi) is 11.8. The topological polar surface area (TPSA) is 78.8 Å². The number of carbonyl (C=O) groups is 1. The lowest BCUT2D eigenvalue weighted by atomic mass is 9.85. The quantitative estimate of drug-likeness (QED) is 0.302. The first kappa shape index (κ1) is 23.7. The van der Waals surface area contributed by atoms with Gasteiger partial charge in [-0.1, -0.05) is 70.6 Å². The number of nitrogens with one attached hydrogen (secondary N) is 1. The van der Waals surface area contributed by atoms with Crippen molar-refractivity contribution >= 4 is 11.7 Å². The molecule has 0 spiro atoms. The average Bonchev–Trinajstić information content (AvgIpc) is 2.77. The third-order valence-corrected chi connectivity index (χ3v) is 5.83. The molecule has 1 aliphatic carbocycles. The number of anilines is 1. The number of hydrogen-bond donors (Lipinski definition) is 3. The van der Waals surface area contributed by atoms with Crippen molar-refractivity contribution in [2.24, 2.45) is 5.92 Å². The summed E-state index contributed by atoms with van der Waals surface area (Å²) >= 11 is 0. The van der Waals surface area contributed by atoms with Gasteiger partial charge in [0.1, 0.15) is 12.7 Å². The lowest BCUT2D eigenvalue weighted by Gasteiger charge is -2.21. The molecular formula is C24H39NO4. The summed E-state index contributed by atoms with van der Waals surface area (Å²) in [5.74, 6) is 0.529. The number of rotatable bonds is 14. The number of aliphatic hydroxyl groups is 2. The summed E-state index contributed by atoms with van der Waals surface area (Å²) in [4.78, 5) is 11.8. The van der Waals surface area contributed by atoms with E-state index in [9.17, 15) is 9.90 Å². The standard InChI is InChI=1S/C24H39NO4/c26-18-23(27)19-29-24(28)21-13-15-22(16-14-21)25-17-9-4-2-1-3-6-10-20-11-7-5-8-12-20/h13-16,20,23,25-27H,1-12,17-19H2. The van der Waals surface area contributed by atoms with Crippen LogP contribution in [0.5, 0.6) is 0 Å². The van der Waals surface area contributed by atoms with Gasteiger partial charge in [0.2, 0.25) is 0 Å². The molecular weight excluding hydrogens is 366 g/mol. The molecule has 164 valence electrons. The Morgan fingerprint density at radius 3 is 2.34 bits per heavy atom. The molecule has 0 saturated heterocycles. The van der Waals surface area contributed by atoms with Crippen molar-refractivity contribution in [2.75, 3.05) is 25.1 Å². The number of esters is 1. The molecule has 5 nitrogen and oxygen atoms in total. The maximum Gasteiger partial charge on any atom is 0.338 e. The molecule has 1 atom stereocenters. The lowest BCUT2D eigenvalue weighted by molar-refractivity contribution is 0.00933. The Bertz CT molecular complexity index is 555. The van der Waals surface area contributed by atoms with E-state index < -0.39 is 18.7 Å². The predicted molar refractivity (Wildman–Crippen MR) is 117 cm³/mol. The monoisotopic (exact) mass is 405 g/mol. The number of carbonyl (C=O) groups excluding carboxylic acids is 1. The van der Waals surface area contributed by atoms with Crippen LogP contribution in [-0.2, 0) is 4.74 Å². The maximum absolute atomic E-state index is 11.8. The molecule has 0 bridgehead atoms. The van der Waals surface area contributed by atoms with Gasteiger partial charge < -0.3 is 20.3 Å². The molecule has 1 aromatic rings. The zero-order chi connectivity index (χ0) is 20.7. The van der Waals surface area contributed by atoms with E-state index in [1.807, 2.05) is 12.1 Å². The number of aliphatic hydroxyl groups excluding tert-OH is 2. The van der Waals surface area contributed by atoms with Crippen molar-refractivity contribution in [3.8, 4) is 0 Å². The highest BCUT2D eigenvalue weighted by Crippen LogP contribution is 2.28. The van der Waals surface area contributed by atoms with Crippen LogP contribution >= 0.6 is 0 Å². The van der Waals surface area contributed by atoms with Crippen LogP contribution in [-0.4, -0.2) is 42.0 Å². The SMILES string of the molecule is O=C(OCC(O)CO)c1ccc(NCCCCCCCCC2CCCCC2)cc1. The Labute approximate surface area is 175 Å². The second-order valence-electron chi connectivity index (χ2n) is 8.35. The van der Waals surface area contributed by atoms with Gasteiger partial charge in [0.15, 0.2) is 0 Å². The molecule has 0 radical (unpaired) electrons. The fourth-order valence-electron chi connectivity index (χ4n) is 4.01. The van der Waals surface area contributed by atoms with Gasteiger partial charge in [0, 0.05) is 12.2 Å². The summed E-state index contributed by atoms with van der Waals surface area (Å²) in [7, 11) is 0. The largest absolute Gasteiger partial charge is 0.459 e. The number of ether oxygens (including phenoxy) is 1. The Morgan fingerprint density at radius 2 is 1.66 bits per heavy atom. The summed E-state index contributed by atoms with van der Waals surface area (Å²) in [6, 6.07) is 7.15. The van der Waals surface area contributed by atoms with E-state index in [-0.39, 0.29) is 6.61 Å². The van der Waals surface area contributed by atoms with Crippen molar-refractivity contribution in [2.45, 2.75) is 83.2 Å². The van der Waals surface area contributed by atoms with Crippen LogP contribution in [0, 0.1) is 5.92 Å². The zero-order valence-electron chi connectivity index (χ0n) is 17.8.